The number of carbonyl (C=O) groups is 1. The third kappa shape index (κ3) is 6.04. The van der Waals surface area contributed by atoms with Crippen molar-refractivity contribution in [1.82, 2.24) is 29.5 Å². The Kier molecular flexibility index (Phi) is 7.43. The third-order valence-corrected chi connectivity index (χ3v) is 6.15. The molecule has 0 aliphatic heterocycles. The molecular formula is C29H26FN9O2. The molecule has 0 spiro atoms. The summed E-state index contributed by atoms with van der Waals surface area (Å²) in [5.41, 5.74) is 3.69. The summed E-state index contributed by atoms with van der Waals surface area (Å²) in [6.45, 7) is 5.64. The van der Waals surface area contributed by atoms with Crippen molar-refractivity contribution in [2.45, 2.75) is 26.7 Å². The molecule has 0 saturated heterocycles. The number of nitrogens with zero attached hydrogens (tertiary/aromatic N) is 7. The number of nitriles is 1. The summed E-state index contributed by atoms with van der Waals surface area (Å²) in [7, 11) is 1.80. The Labute approximate surface area is 235 Å². The first-order chi connectivity index (χ1) is 19.7. The van der Waals surface area contributed by atoms with Crippen LogP contribution in [-0.4, -0.2) is 35.6 Å². The summed E-state index contributed by atoms with van der Waals surface area (Å²) < 4.78 is 24.0. The van der Waals surface area contributed by atoms with Crippen molar-refractivity contribution in [3.63, 3.8) is 0 Å². The van der Waals surface area contributed by atoms with Gasteiger partial charge >= 0.3 is 12.0 Å². The van der Waals surface area contributed by atoms with Crippen LogP contribution in [0.15, 0.2) is 67.1 Å². The highest BCUT2D eigenvalue weighted by Gasteiger charge is 2.17. The number of benzene rings is 2. The molecule has 0 aliphatic rings. The van der Waals surface area contributed by atoms with Crippen LogP contribution in [0.4, 0.5) is 20.7 Å². The van der Waals surface area contributed by atoms with Gasteiger partial charge in [0, 0.05) is 37.1 Å². The summed E-state index contributed by atoms with van der Waals surface area (Å²) in [5, 5.41) is 23.1. The van der Waals surface area contributed by atoms with Crippen LogP contribution in [-0.2, 0) is 7.05 Å². The molecule has 2 aromatic carbocycles. The maximum Gasteiger partial charge on any atom is 0.324 e. The molecule has 41 heavy (non-hydrogen) atoms. The summed E-state index contributed by atoms with van der Waals surface area (Å²) in [5.74, 6) is 0.0974. The van der Waals surface area contributed by atoms with E-state index in [2.05, 4.69) is 36.9 Å². The van der Waals surface area contributed by atoms with E-state index in [1.165, 1.54) is 12.1 Å². The molecule has 3 heterocycles. The minimum Gasteiger partial charge on any atom is -0.424 e. The van der Waals surface area contributed by atoms with Gasteiger partial charge in [0.15, 0.2) is 0 Å². The quantitative estimate of drug-likeness (QED) is 0.255. The molecule has 12 heteroatoms. The minimum absolute atomic E-state index is 0.0593. The number of anilines is 2. The number of amides is 2. The lowest BCUT2D eigenvalue weighted by molar-refractivity contribution is 0.262. The third-order valence-electron chi connectivity index (χ3n) is 6.15. The molecule has 5 rings (SSSR count). The van der Waals surface area contributed by atoms with Crippen LogP contribution >= 0.6 is 0 Å². The number of urea groups is 1. The zero-order valence-corrected chi connectivity index (χ0v) is 22.8. The normalized spacial score (nSPS) is 10.9. The summed E-state index contributed by atoms with van der Waals surface area (Å²) in [6.07, 6.45) is 5.04. The number of hydrogen-bond acceptors (Lipinski definition) is 7. The lowest BCUT2D eigenvalue weighted by atomic mass is 10.1. The Hall–Kier alpha value is -5.57. The van der Waals surface area contributed by atoms with Gasteiger partial charge in [-0.25, -0.2) is 18.9 Å². The molecule has 0 atom stereocenters. The van der Waals surface area contributed by atoms with Gasteiger partial charge in [-0.3, -0.25) is 10.00 Å². The highest BCUT2D eigenvalue weighted by molar-refractivity contribution is 5.99. The van der Waals surface area contributed by atoms with Gasteiger partial charge in [0.2, 0.25) is 0 Å². The van der Waals surface area contributed by atoms with Crippen molar-refractivity contribution >= 4 is 17.5 Å². The number of ether oxygens (including phenoxy) is 1. The Morgan fingerprint density at radius 3 is 2.59 bits per heavy atom. The van der Waals surface area contributed by atoms with Crippen molar-refractivity contribution in [3.8, 4) is 34.8 Å². The minimum atomic E-state index is -0.682. The van der Waals surface area contributed by atoms with Crippen LogP contribution in [0.5, 0.6) is 11.8 Å². The lowest BCUT2D eigenvalue weighted by Gasteiger charge is -2.13. The number of hydrogen-bond donors (Lipinski definition) is 2. The fourth-order valence-corrected chi connectivity index (χ4v) is 3.98. The molecule has 0 unspecified atom stereocenters. The van der Waals surface area contributed by atoms with Crippen molar-refractivity contribution in [3.05, 3.63) is 89.8 Å². The zero-order chi connectivity index (χ0) is 29.1. The molecule has 11 nitrogen and oxygen atoms in total. The van der Waals surface area contributed by atoms with E-state index in [0.29, 0.717) is 28.3 Å². The van der Waals surface area contributed by atoms with Gasteiger partial charge in [-0.2, -0.15) is 20.4 Å². The number of nitrogens with one attached hydrogen (secondary N) is 2. The number of halogens is 1. The van der Waals surface area contributed by atoms with Crippen LogP contribution in [0.1, 0.15) is 36.6 Å². The summed E-state index contributed by atoms with van der Waals surface area (Å²) in [6, 6.07) is 14.3. The van der Waals surface area contributed by atoms with Gasteiger partial charge in [0.1, 0.15) is 17.4 Å². The van der Waals surface area contributed by atoms with E-state index >= 15 is 0 Å². The van der Waals surface area contributed by atoms with Crippen LogP contribution in [0, 0.1) is 24.1 Å². The van der Waals surface area contributed by atoms with E-state index in [0.717, 1.165) is 11.3 Å². The van der Waals surface area contributed by atoms with Crippen LogP contribution in [0.25, 0.3) is 16.9 Å². The number of aromatic nitrogens is 6. The number of rotatable bonds is 7. The van der Waals surface area contributed by atoms with Crippen LogP contribution in [0.2, 0.25) is 0 Å². The second-order valence-electron chi connectivity index (χ2n) is 9.59. The fourth-order valence-electron chi connectivity index (χ4n) is 3.98. The second kappa shape index (κ2) is 11.3. The summed E-state index contributed by atoms with van der Waals surface area (Å²) in [4.78, 5) is 21.6. The van der Waals surface area contributed by atoms with Gasteiger partial charge in [-0.05, 0) is 54.8 Å². The second-order valence-corrected chi connectivity index (χ2v) is 9.59. The molecule has 206 valence electrons. The van der Waals surface area contributed by atoms with Gasteiger partial charge < -0.3 is 10.1 Å². The van der Waals surface area contributed by atoms with Crippen molar-refractivity contribution in [1.29, 1.82) is 5.26 Å². The highest BCUT2D eigenvalue weighted by atomic mass is 19.1. The monoisotopic (exact) mass is 551 g/mol. The highest BCUT2D eigenvalue weighted by Crippen LogP contribution is 2.30. The largest absolute Gasteiger partial charge is 0.424 e. The molecule has 5 aromatic rings. The predicted octanol–water partition coefficient (Wildman–Crippen LogP) is 5.94. The topological polar surface area (TPSA) is 136 Å². The summed E-state index contributed by atoms with van der Waals surface area (Å²) >= 11 is 0. The van der Waals surface area contributed by atoms with Crippen LogP contribution in [0.3, 0.4) is 0 Å². The predicted molar refractivity (Wildman–Crippen MR) is 150 cm³/mol. The number of carbonyl (C=O) groups excluding carboxylic acids is 1. The fraction of sp³-hybridized carbons (Fsp3) is 0.172. The maximum atomic E-state index is 14.9. The Morgan fingerprint density at radius 1 is 1.12 bits per heavy atom. The Bertz CT molecular complexity index is 1770. The standard InChI is InChI=1S/C29H26FN9O2/c1-17(2)24-13-27(39(37-24)21-7-5-19(14-31)6-8-21)36-28(40)34-25-12-26(18(3)11-22(25)30)41-29-32-10-9-23(35-29)20-15-33-38(4)16-20/h5-13,15-17H,1-4H3,(H2,34,36,40). The molecular weight excluding hydrogens is 525 g/mol. The first kappa shape index (κ1) is 27.0. The molecule has 0 radical (unpaired) electrons. The van der Waals surface area contributed by atoms with Gasteiger partial charge in [0.05, 0.1) is 40.6 Å². The van der Waals surface area contributed by atoms with E-state index in [1.807, 2.05) is 20.0 Å². The molecule has 0 bridgehead atoms. The molecule has 0 saturated carbocycles. The van der Waals surface area contributed by atoms with Gasteiger partial charge in [-0.1, -0.05) is 13.8 Å². The molecule has 2 N–H and O–H groups in total. The lowest BCUT2D eigenvalue weighted by Crippen LogP contribution is -2.22. The molecule has 0 fully saturated rings. The molecule has 0 aliphatic carbocycles. The van der Waals surface area contributed by atoms with E-state index in [4.69, 9.17) is 10.00 Å². The van der Waals surface area contributed by atoms with Crippen LogP contribution < -0.4 is 15.4 Å². The van der Waals surface area contributed by atoms with Crippen molar-refractivity contribution in [2.75, 3.05) is 10.6 Å². The first-order valence-corrected chi connectivity index (χ1v) is 12.7. The smallest absolute Gasteiger partial charge is 0.324 e. The van der Waals surface area contributed by atoms with Crippen molar-refractivity contribution in [2.24, 2.45) is 7.05 Å². The SMILES string of the molecule is Cc1cc(F)c(NC(=O)Nc2cc(C(C)C)nn2-c2ccc(C#N)cc2)cc1Oc1nccc(-c2cnn(C)c2)n1. The first-order valence-electron chi connectivity index (χ1n) is 12.7. The van der Waals surface area contributed by atoms with Gasteiger partial charge in [0.25, 0.3) is 0 Å². The van der Waals surface area contributed by atoms with Gasteiger partial charge in [-0.15, -0.1) is 0 Å². The maximum absolute atomic E-state index is 14.9. The van der Waals surface area contributed by atoms with E-state index in [-0.39, 0.29) is 23.4 Å². The van der Waals surface area contributed by atoms with E-state index in [9.17, 15) is 9.18 Å². The Balaban J connectivity index is 1.36. The average Bonchev–Trinajstić information content (AvgIpc) is 3.58. The molecule has 3 aromatic heterocycles. The van der Waals surface area contributed by atoms with E-state index in [1.54, 1.807) is 72.1 Å². The number of aryl methyl sites for hydroxylation is 2. The molecule has 2 amide bonds. The van der Waals surface area contributed by atoms with E-state index < -0.39 is 11.8 Å². The average molecular weight is 552 g/mol. The zero-order valence-electron chi connectivity index (χ0n) is 22.8. The Morgan fingerprint density at radius 2 is 1.90 bits per heavy atom. The van der Waals surface area contributed by atoms with Crippen molar-refractivity contribution < 1.29 is 13.9 Å².